The molecule has 0 rings (SSSR count). The van der Waals surface area contributed by atoms with E-state index in [0.29, 0.717) is 19.4 Å². The first-order valence-electron chi connectivity index (χ1n) is 6.22. The van der Waals surface area contributed by atoms with Crippen LogP contribution in [0.15, 0.2) is 0 Å². The molecule has 0 aromatic rings. The minimum atomic E-state index is -0.305. The number of ether oxygens (including phenoxy) is 1. The first-order chi connectivity index (χ1) is 8.56. The van der Waals surface area contributed by atoms with E-state index in [9.17, 15) is 14.4 Å². The number of ketones is 2. The highest BCUT2D eigenvalue weighted by Crippen LogP contribution is 2.05. The summed E-state index contributed by atoms with van der Waals surface area (Å²) in [6.45, 7) is 1.96. The molecule has 0 N–H and O–H groups in total. The van der Waals surface area contributed by atoms with Crippen LogP contribution >= 0.6 is 11.8 Å². The Morgan fingerprint density at radius 1 is 1.00 bits per heavy atom. The van der Waals surface area contributed by atoms with Crippen LogP contribution in [-0.4, -0.2) is 36.2 Å². The SMILES string of the molecule is CSCCOC(=O)CCC(=O)CCCCC(C)=O. The van der Waals surface area contributed by atoms with Crippen molar-refractivity contribution in [2.75, 3.05) is 18.6 Å². The fourth-order valence-electron chi connectivity index (χ4n) is 1.37. The number of rotatable bonds is 11. The second-order valence-corrected chi connectivity index (χ2v) is 5.15. The van der Waals surface area contributed by atoms with Gasteiger partial charge in [-0.05, 0) is 26.0 Å². The number of thioether (sulfide) groups is 1. The first kappa shape index (κ1) is 17.2. The highest BCUT2D eigenvalue weighted by Gasteiger charge is 2.08. The summed E-state index contributed by atoms with van der Waals surface area (Å²) in [5, 5.41) is 0. The lowest BCUT2D eigenvalue weighted by atomic mass is 10.1. The predicted octanol–water partition coefficient (Wildman–Crippen LogP) is 2.39. The number of hydrogen-bond acceptors (Lipinski definition) is 5. The van der Waals surface area contributed by atoms with Crippen molar-refractivity contribution >= 4 is 29.3 Å². The van der Waals surface area contributed by atoms with Gasteiger partial charge in [0, 0.05) is 25.0 Å². The van der Waals surface area contributed by atoms with E-state index in [1.807, 2.05) is 6.26 Å². The first-order valence-corrected chi connectivity index (χ1v) is 7.61. The molecule has 104 valence electrons. The van der Waals surface area contributed by atoms with Crippen molar-refractivity contribution in [2.45, 2.75) is 45.4 Å². The van der Waals surface area contributed by atoms with Gasteiger partial charge in [0.25, 0.3) is 0 Å². The molecule has 0 radical (unpaired) electrons. The van der Waals surface area contributed by atoms with Crippen LogP contribution in [0.25, 0.3) is 0 Å². The van der Waals surface area contributed by atoms with Gasteiger partial charge in [-0.25, -0.2) is 0 Å². The fraction of sp³-hybridized carbons (Fsp3) is 0.769. The molecular formula is C13H22O4S. The molecular weight excluding hydrogens is 252 g/mol. The third kappa shape index (κ3) is 11.6. The number of unbranched alkanes of at least 4 members (excludes halogenated alkanes) is 1. The molecule has 0 spiro atoms. The Bertz CT molecular complexity index is 276. The van der Waals surface area contributed by atoms with Crippen molar-refractivity contribution in [3.8, 4) is 0 Å². The monoisotopic (exact) mass is 274 g/mol. The maximum Gasteiger partial charge on any atom is 0.306 e. The molecule has 0 aliphatic carbocycles. The van der Waals surface area contributed by atoms with Crippen LogP contribution in [0.1, 0.15) is 45.4 Å². The number of carbonyl (C=O) groups is 3. The van der Waals surface area contributed by atoms with Gasteiger partial charge in [0.15, 0.2) is 0 Å². The second-order valence-electron chi connectivity index (χ2n) is 4.16. The molecule has 0 saturated carbocycles. The Morgan fingerprint density at radius 2 is 1.67 bits per heavy atom. The molecule has 0 amide bonds. The minimum absolute atomic E-state index is 0.0698. The minimum Gasteiger partial charge on any atom is -0.465 e. The van der Waals surface area contributed by atoms with Crippen LogP contribution in [0.3, 0.4) is 0 Å². The van der Waals surface area contributed by atoms with E-state index in [-0.39, 0.29) is 30.4 Å². The van der Waals surface area contributed by atoms with Gasteiger partial charge in [-0.2, -0.15) is 11.8 Å². The molecule has 0 atom stereocenters. The lowest BCUT2D eigenvalue weighted by molar-refractivity contribution is -0.144. The Labute approximate surface area is 113 Å². The molecule has 0 fully saturated rings. The summed E-state index contributed by atoms with van der Waals surface area (Å²) in [4.78, 5) is 33.3. The highest BCUT2D eigenvalue weighted by atomic mass is 32.2. The molecule has 0 aromatic carbocycles. The standard InChI is InChI=1S/C13H22O4S/c1-11(14)5-3-4-6-12(15)7-8-13(16)17-9-10-18-2/h3-10H2,1-2H3. The zero-order valence-electron chi connectivity index (χ0n) is 11.2. The van der Waals surface area contributed by atoms with Crippen LogP contribution in [0.2, 0.25) is 0 Å². The number of hydrogen-bond donors (Lipinski definition) is 0. The Balaban J connectivity index is 3.46. The lowest BCUT2D eigenvalue weighted by Crippen LogP contribution is -2.09. The molecule has 0 bridgehead atoms. The van der Waals surface area contributed by atoms with Gasteiger partial charge in [-0.1, -0.05) is 0 Å². The van der Waals surface area contributed by atoms with Gasteiger partial charge in [0.1, 0.15) is 18.2 Å². The Kier molecular flexibility index (Phi) is 10.7. The van der Waals surface area contributed by atoms with Crippen LogP contribution in [0.5, 0.6) is 0 Å². The molecule has 4 nitrogen and oxygen atoms in total. The summed E-state index contributed by atoms with van der Waals surface area (Å²) in [5.74, 6) is 0.700. The van der Waals surface area contributed by atoms with Crippen molar-refractivity contribution < 1.29 is 19.1 Å². The predicted molar refractivity (Wildman–Crippen MR) is 72.7 cm³/mol. The maximum atomic E-state index is 11.4. The smallest absolute Gasteiger partial charge is 0.306 e. The van der Waals surface area contributed by atoms with Gasteiger partial charge in [0.2, 0.25) is 0 Å². The average Bonchev–Trinajstić information content (AvgIpc) is 2.32. The van der Waals surface area contributed by atoms with E-state index < -0.39 is 0 Å². The molecule has 0 unspecified atom stereocenters. The molecule has 0 aliphatic heterocycles. The maximum absolute atomic E-state index is 11.4. The summed E-state index contributed by atoms with van der Waals surface area (Å²) < 4.78 is 4.93. The molecule has 5 heteroatoms. The highest BCUT2D eigenvalue weighted by molar-refractivity contribution is 7.98. The van der Waals surface area contributed by atoms with E-state index >= 15 is 0 Å². The zero-order chi connectivity index (χ0) is 13.8. The van der Waals surface area contributed by atoms with Crippen molar-refractivity contribution in [1.82, 2.24) is 0 Å². The van der Waals surface area contributed by atoms with Gasteiger partial charge >= 0.3 is 5.97 Å². The quantitative estimate of drug-likeness (QED) is 0.427. The average molecular weight is 274 g/mol. The van der Waals surface area contributed by atoms with Gasteiger partial charge in [-0.15, -0.1) is 0 Å². The fourth-order valence-corrected chi connectivity index (χ4v) is 1.62. The molecule has 18 heavy (non-hydrogen) atoms. The molecule has 0 heterocycles. The van der Waals surface area contributed by atoms with Crippen LogP contribution in [-0.2, 0) is 19.1 Å². The summed E-state index contributed by atoms with van der Waals surface area (Å²) in [6.07, 6.45) is 4.81. The van der Waals surface area contributed by atoms with E-state index in [4.69, 9.17) is 4.74 Å². The van der Waals surface area contributed by atoms with Gasteiger partial charge < -0.3 is 9.53 Å². The number of esters is 1. The molecule has 0 saturated heterocycles. The van der Waals surface area contributed by atoms with Crippen molar-refractivity contribution in [2.24, 2.45) is 0 Å². The largest absolute Gasteiger partial charge is 0.465 e. The number of Topliss-reactive ketones (excluding diaryl/α,β-unsaturated/α-hetero) is 2. The van der Waals surface area contributed by atoms with Crippen molar-refractivity contribution in [3.05, 3.63) is 0 Å². The Morgan fingerprint density at radius 3 is 2.28 bits per heavy atom. The van der Waals surface area contributed by atoms with Gasteiger partial charge in [0.05, 0.1) is 6.42 Å². The van der Waals surface area contributed by atoms with E-state index in [1.54, 1.807) is 18.7 Å². The summed E-state index contributed by atoms with van der Waals surface area (Å²) in [5.41, 5.74) is 0. The number of carbonyl (C=O) groups excluding carboxylic acids is 3. The molecule has 0 aromatic heterocycles. The summed E-state index contributed by atoms with van der Waals surface area (Å²) in [6, 6.07) is 0. The Hall–Kier alpha value is -0.840. The van der Waals surface area contributed by atoms with E-state index in [2.05, 4.69) is 0 Å². The second kappa shape index (κ2) is 11.3. The normalized spacial score (nSPS) is 10.1. The summed E-state index contributed by atoms with van der Waals surface area (Å²) in [7, 11) is 0. The van der Waals surface area contributed by atoms with Crippen LogP contribution in [0, 0.1) is 0 Å². The van der Waals surface area contributed by atoms with Gasteiger partial charge in [-0.3, -0.25) is 9.59 Å². The van der Waals surface area contributed by atoms with Crippen molar-refractivity contribution in [3.63, 3.8) is 0 Å². The summed E-state index contributed by atoms with van der Waals surface area (Å²) >= 11 is 1.61. The van der Waals surface area contributed by atoms with Crippen LogP contribution < -0.4 is 0 Å². The van der Waals surface area contributed by atoms with E-state index in [0.717, 1.165) is 18.6 Å². The third-order valence-electron chi connectivity index (χ3n) is 2.39. The third-order valence-corrected chi connectivity index (χ3v) is 2.97. The van der Waals surface area contributed by atoms with Crippen LogP contribution in [0.4, 0.5) is 0 Å². The topological polar surface area (TPSA) is 60.4 Å². The zero-order valence-corrected chi connectivity index (χ0v) is 12.0. The van der Waals surface area contributed by atoms with Crippen molar-refractivity contribution in [1.29, 1.82) is 0 Å². The molecule has 0 aliphatic rings. The lowest BCUT2D eigenvalue weighted by Gasteiger charge is -2.03. The van der Waals surface area contributed by atoms with E-state index in [1.165, 1.54) is 0 Å².